The van der Waals surface area contributed by atoms with Crippen LogP contribution < -0.4 is 5.32 Å². The molecule has 1 aromatic heterocycles. The lowest BCUT2D eigenvalue weighted by Crippen LogP contribution is -2.10. The number of amides is 1. The molecule has 0 radical (unpaired) electrons. The number of carbonyl (C=O) groups is 2. The van der Waals surface area contributed by atoms with Crippen LogP contribution in [0.15, 0.2) is 41.8 Å². The van der Waals surface area contributed by atoms with Crippen LogP contribution in [-0.2, 0) is 11.2 Å². The standard InChI is InChI=1S/C14H13NO3S/c16-13(17)7-6-10-3-1-4-11(9-10)15-14(18)12-5-2-8-19-12/h1-5,8-9H,6-7H2,(H,15,18)(H,16,17). The van der Waals surface area contributed by atoms with Gasteiger partial charge in [-0.2, -0.15) is 0 Å². The van der Waals surface area contributed by atoms with E-state index in [2.05, 4.69) is 5.32 Å². The Labute approximate surface area is 114 Å². The van der Waals surface area contributed by atoms with Crippen molar-refractivity contribution < 1.29 is 14.7 Å². The Morgan fingerprint density at radius 3 is 2.74 bits per heavy atom. The third-order valence-electron chi connectivity index (χ3n) is 2.56. The van der Waals surface area contributed by atoms with E-state index in [0.717, 1.165) is 5.56 Å². The maximum atomic E-state index is 11.9. The van der Waals surface area contributed by atoms with Crippen molar-refractivity contribution in [2.24, 2.45) is 0 Å². The summed E-state index contributed by atoms with van der Waals surface area (Å²) < 4.78 is 0. The molecule has 2 rings (SSSR count). The van der Waals surface area contributed by atoms with Gasteiger partial charge >= 0.3 is 5.97 Å². The van der Waals surface area contributed by atoms with E-state index in [1.165, 1.54) is 11.3 Å². The average Bonchev–Trinajstić information content (AvgIpc) is 2.91. The first kappa shape index (κ1) is 13.3. The number of aryl methyl sites for hydroxylation is 1. The third-order valence-corrected chi connectivity index (χ3v) is 3.43. The van der Waals surface area contributed by atoms with Crippen molar-refractivity contribution in [1.29, 1.82) is 0 Å². The molecule has 1 aromatic carbocycles. The molecule has 4 nitrogen and oxygen atoms in total. The predicted octanol–water partition coefficient (Wildman–Crippen LogP) is 3.02. The quantitative estimate of drug-likeness (QED) is 0.881. The molecule has 0 bridgehead atoms. The van der Waals surface area contributed by atoms with E-state index in [0.29, 0.717) is 17.0 Å². The summed E-state index contributed by atoms with van der Waals surface area (Å²) in [6, 6.07) is 10.8. The molecule has 0 aliphatic rings. The lowest BCUT2D eigenvalue weighted by molar-refractivity contribution is -0.136. The van der Waals surface area contributed by atoms with Gasteiger partial charge in [0.15, 0.2) is 0 Å². The van der Waals surface area contributed by atoms with Crippen LogP contribution in [0.2, 0.25) is 0 Å². The summed E-state index contributed by atoms with van der Waals surface area (Å²) in [4.78, 5) is 23.0. The molecule has 0 saturated heterocycles. The molecule has 0 aliphatic heterocycles. The highest BCUT2D eigenvalue weighted by Crippen LogP contribution is 2.15. The number of nitrogens with one attached hydrogen (secondary N) is 1. The lowest BCUT2D eigenvalue weighted by atomic mass is 10.1. The molecule has 0 aliphatic carbocycles. The Morgan fingerprint density at radius 1 is 1.21 bits per heavy atom. The van der Waals surface area contributed by atoms with E-state index in [4.69, 9.17) is 5.11 Å². The number of rotatable bonds is 5. The zero-order valence-corrected chi connectivity index (χ0v) is 10.9. The number of carboxylic acid groups (broad SMARTS) is 1. The SMILES string of the molecule is O=C(O)CCc1cccc(NC(=O)c2cccs2)c1. The fourth-order valence-corrected chi connectivity index (χ4v) is 2.28. The highest BCUT2D eigenvalue weighted by molar-refractivity contribution is 7.12. The number of carboxylic acids is 1. The fourth-order valence-electron chi connectivity index (χ4n) is 1.66. The fraction of sp³-hybridized carbons (Fsp3) is 0.143. The van der Waals surface area contributed by atoms with Crippen LogP contribution in [-0.4, -0.2) is 17.0 Å². The Balaban J connectivity index is 2.02. The van der Waals surface area contributed by atoms with Crippen LogP contribution in [0.3, 0.4) is 0 Å². The molecule has 1 amide bonds. The van der Waals surface area contributed by atoms with Crippen LogP contribution in [0.5, 0.6) is 0 Å². The third kappa shape index (κ3) is 3.93. The smallest absolute Gasteiger partial charge is 0.303 e. The van der Waals surface area contributed by atoms with Crippen LogP contribution in [0, 0.1) is 0 Å². The molecule has 2 N–H and O–H groups in total. The Bertz CT molecular complexity index is 578. The Morgan fingerprint density at radius 2 is 2.05 bits per heavy atom. The van der Waals surface area contributed by atoms with Crippen LogP contribution in [0.1, 0.15) is 21.7 Å². The van der Waals surface area contributed by atoms with Gasteiger partial charge in [0.1, 0.15) is 0 Å². The number of hydrogen-bond donors (Lipinski definition) is 2. The molecule has 2 aromatic rings. The molecule has 0 unspecified atom stereocenters. The van der Waals surface area contributed by atoms with E-state index in [-0.39, 0.29) is 12.3 Å². The van der Waals surface area contributed by atoms with E-state index in [1.807, 2.05) is 17.5 Å². The van der Waals surface area contributed by atoms with E-state index in [9.17, 15) is 9.59 Å². The minimum Gasteiger partial charge on any atom is -0.481 e. The molecule has 98 valence electrons. The van der Waals surface area contributed by atoms with E-state index in [1.54, 1.807) is 24.3 Å². The van der Waals surface area contributed by atoms with Crippen molar-refractivity contribution in [1.82, 2.24) is 0 Å². The lowest BCUT2D eigenvalue weighted by Gasteiger charge is -2.06. The molecule has 0 atom stereocenters. The Kier molecular flexibility index (Phi) is 4.30. The van der Waals surface area contributed by atoms with Crippen LogP contribution >= 0.6 is 11.3 Å². The van der Waals surface area contributed by atoms with Gasteiger partial charge < -0.3 is 10.4 Å². The summed E-state index contributed by atoms with van der Waals surface area (Å²) in [5, 5.41) is 13.3. The normalized spacial score (nSPS) is 10.1. The van der Waals surface area contributed by atoms with Crippen molar-refractivity contribution in [3.8, 4) is 0 Å². The number of carbonyl (C=O) groups excluding carboxylic acids is 1. The minimum atomic E-state index is -0.826. The first-order valence-electron chi connectivity index (χ1n) is 5.81. The van der Waals surface area contributed by atoms with Gasteiger partial charge in [0.2, 0.25) is 0 Å². The van der Waals surface area contributed by atoms with Gasteiger partial charge in [-0.3, -0.25) is 9.59 Å². The topological polar surface area (TPSA) is 66.4 Å². The van der Waals surface area contributed by atoms with Gasteiger partial charge in [-0.25, -0.2) is 0 Å². The molecular weight excluding hydrogens is 262 g/mol. The van der Waals surface area contributed by atoms with Crippen molar-refractivity contribution in [2.45, 2.75) is 12.8 Å². The van der Waals surface area contributed by atoms with E-state index < -0.39 is 5.97 Å². The Hall–Kier alpha value is -2.14. The first-order valence-corrected chi connectivity index (χ1v) is 6.69. The van der Waals surface area contributed by atoms with Gasteiger partial charge in [-0.05, 0) is 35.6 Å². The second kappa shape index (κ2) is 6.15. The monoisotopic (exact) mass is 275 g/mol. The summed E-state index contributed by atoms with van der Waals surface area (Å²) in [5.41, 5.74) is 1.58. The van der Waals surface area contributed by atoms with Gasteiger partial charge in [-0.1, -0.05) is 18.2 Å². The molecule has 1 heterocycles. The minimum absolute atomic E-state index is 0.0856. The molecular formula is C14H13NO3S. The van der Waals surface area contributed by atoms with Crippen molar-refractivity contribution in [3.05, 3.63) is 52.2 Å². The van der Waals surface area contributed by atoms with Crippen LogP contribution in [0.25, 0.3) is 0 Å². The summed E-state index contributed by atoms with van der Waals surface area (Å²) in [6.45, 7) is 0. The second-order valence-electron chi connectivity index (χ2n) is 4.03. The zero-order chi connectivity index (χ0) is 13.7. The number of hydrogen-bond acceptors (Lipinski definition) is 3. The molecule has 0 spiro atoms. The zero-order valence-electron chi connectivity index (χ0n) is 10.1. The summed E-state index contributed by atoms with van der Waals surface area (Å²) >= 11 is 1.38. The molecule has 0 fully saturated rings. The summed E-state index contributed by atoms with van der Waals surface area (Å²) in [5.74, 6) is -0.974. The number of benzene rings is 1. The van der Waals surface area contributed by atoms with Crippen molar-refractivity contribution in [3.63, 3.8) is 0 Å². The predicted molar refractivity (Wildman–Crippen MR) is 74.7 cm³/mol. The maximum Gasteiger partial charge on any atom is 0.303 e. The van der Waals surface area contributed by atoms with Gasteiger partial charge in [-0.15, -0.1) is 11.3 Å². The van der Waals surface area contributed by atoms with Gasteiger partial charge in [0, 0.05) is 12.1 Å². The van der Waals surface area contributed by atoms with Gasteiger partial charge in [0.05, 0.1) is 4.88 Å². The number of aliphatic carboxylic acids is 1. The number of anilines is 1. The van der Waals surface area contributed by atoms with Crippen molar-refractivity contribution >= 4 is 28.9 Å². The first-order chi connectivity index (χ1) is 9.15. The molecule has 19 heavy (non-hydrogen) atoms. The maximum absolute atomic E-state index is 11.9. The van der Waals surface area contributed by atoms with E-state index >= 15 is 0 Å². The number of thiophene rings is 1. The summed E-state index contributed by atoms with van der Waals surface area (Å²) in [7, 11) is 0. The average molecular weight is 275 g/mol. The molecule has 0 saturated carbocycles. The highest BCUT2D eigenvalue weighted by atomic mass is 32.1. The molecule has 5 heteroatoms. The highest BCUT2D eigenvalue weighted by Gasteiger charge is 2.07. The largest absolute Gasteiger partial charge is 0.481 e. The second-order valence-corrected chi connectivity index (χ2v) is 4.97. The van der Waals surface area contributed by atoms with Gasteiger partial charge in [0.25, 0.3) is 5.91 Å². The van der Waals surface area contributed by atoms with Crippen molar-refractivity contribution in [2.75, 3.05) is 5.32 Å². The van der Waals surface area contributed by atoms with Crippen LogP contribution in [0.4, 0.5) is 5.69 Å². The summed E-state index contributed by atoms with van der Waals surface area (Å²) in [6.07, 6.45) is 0.542.